The van der Waals surface area contributed by atoms with E-state index in [1.54, 1.807) is 12.5 Å². The van der Waals surface area contributed by atoms with Gasteiger partial charge in [-0.25, -0.2) is 4.98 Å². The summed E-state index contributed by atoms with van der Waals surface area (Å²) in [6, 6.07) is 7.97. The van der Waals surface area contributed by atoms with Gasteiger partial charge in [0, 0.05) is 19.3 Å². The molecule has 0 saturated carbocycles. The Morgan fingerprint density at radius 1 is 1.45 bits per heavy atom. The maximum absolute atomic E-state index is 12.1. The highest BCUT2D eigenvalue weighted by Crippen LogP contribution is 2.16. The summed E-state index contributed by atoms with van der Waals surface area (Å²) in [4.78, 5) is 16.2. The lowest BCUT2D eigenvalue weighted by Crippen LogP contribution is -2.27. The molecule has 0 bridgehead atoms. The van der Waals surface area contributed by atoms with Crippen molar-refractivity contribution < 1.29 is 4.79 Å². The number of aromatic nitrogens is 2. The molecule has 0 fully saturated rings. The number of nitrogens with zero attached hydrogens (tertiary/aromatic N) is 2. The van der Waals surface area contributed by atoms with Crippen LogP contribution in [0.2, 0.25) is 0 Å². The summed E-state index contributed by atoms with van der Waals surface area (Å²) in [6.45, 7) is 5.19. The quantitative estimate of drug-likeness (QED) is 0.869. The van der Waals surface area contributed by atoms with Crippen LogP contribution < -0.4 is 11.1 Å². The Morgan fingerprint density at radius 3 is 2.90 bits per heavy atom. The third-order valence-electron chi connectivity index (χ3n) is 3.26. The number of imidazole rings is 1. The molecular formula is C15H20N4O. The number of amides is 1. The Morgan fingerprint density at radius 2 is 2.20 bits per heavy atom. The molecule has 0 saturated heterocycles. The van der Waals surface area contributed by atoms with Crippen molar-refractivity contribution >= 4 is 5.91 Å². The van der Waals surface area contributed by atoms with Gasteiger partial charge in [-0.1, -0.05) is 24.3 Å². The third kappa shape index (κ3) is 3.24. The molecule has 1 atom stereocenters. The van der Waals surface area contributed by atoms with Crippen LogP contribution in [0.4, 0.5) is 0 Å². The first kappa shape index (κ1) is 14.3. The van der Waals surface area contributed by atoms with Crippen LogP contribution in [0, 0.1) is 6.92 Å². The van der Waals surface area contributed by atoms with Crippen molar-refractivity contribution in [1.29, 1.82) is 0 Å². The molecule has 0 radical (unpaired) electrons. The maximum Gasteiger partial charge on any atom is 0.271 e. The summed E-state index contributed by atoms with van der Waals surface area (Å²) in [5, 5.41) is 2.96. The van der Waals surface area contributed by atoms with Gasteiger partial charge < -0.3 is 15.6 Å². The van der Waals surface area contributed by atoms with Crippen LogP contribution in [-0.2, 0) is 6.54 Å². The zero-order chi connectivity index (χ0) is 14.5. The van der Waals surface area contributed by atoms with Gasteiger partial charge in [-0.3, -0.25) is 4.79 Å². The number of carbonyl (C=O) groups is 1. The zero-order valence-corrected chi connectivity index (χ0v) is 11.8. The van der Waals surface area contributed by atoms with Crippen LogP contribution in [0.3, 0.4) is 0 Å². The summed E-state index contributed by atoms with van der Waals surface area (Å²) in [5.41, 5.74) is 8.16. The summed E-state index contributed by atoms with van der Waals surface area (Å²) in [6.07, 6.45) is 3.34. The van der Waals surface area contributed by atoms with Crippen LogP contribution >= 0.6 is 0 Å². The predicted octanol–water partition coefficient (Wildman–Crippen LogP) is 1.64. The number of carbonyl (C=O) groups excluding carboxylic acids is 1. The second kappa shape index (κ2) is 6.34. The molecule has 1 heterocycles. The van der Waals surface area contributed by atoms with Crippen molar-refractivity contribution in [3.05, 3.63) is 53.6 Å². The average molecular weight is 272 g/mol. The second-order valence-corrected chi connectivity index (χ2v) is 4.84. The van der Waals surface area contributed by atoms with Gasteiger partial charge >= 0.3 is 0 Å². The fraction of sp³-hybridized carbons (Fsp3) is 0.333. The molecule has 5 nitrogen and oxygen atoms in total. The number of hydrogen-bond acceptors (Lipinski definition) is 3. The fourth-order valence-corrected chi connectivity index (χ4v) is 2.17. The Kier molecular flexibility index (Phi) is 4.53. The number of hydrogen-bond donors (Lipinski definition) is 2. The molecule has 0 aliphatic heterocycles. The van der Waals surface area contributed by atoms with E-state index >= 15 is 0 Å². The Balaban J connectivity index is 2.05. The summed E-state index contributed by atoms with van der Waals surface area (Å²) >= 11 is 0. The van der Waals surface area contributed by atoms with E-state index in [1.165, 1.54) is 0 Å². The van der Waals surface area contributed by atoms with Crippen LogP contribution in [0.15, 0.2) is 36.8 Å². The van der Waals surface area contributed by atoms with Gasteiger partial charge in [-0.2, -0.15) is 0 Å². The molecule has 0 aliphatic carbocycles. The van der Waals surface area contributed by atoms with Gasteiger partial charge in [0.15, 0.2) is 0 Å². The molecule has 20 heavy (non-hydrogen) atoms. The number of rotatable bonds is 5. The molecule has 106 valence electrons. The highest BCUT2D eigenvalue weighted by Gasteiger charge is 2.14. The monoisotopic (exact) mass is 272 g/mol. The molecule has 1 aromatic carbocycles. The van der Waals surface area contributed by atoms with Crippen molar-refractivity contribution in [1.82, 2.24) is 14.9 Å². The molecule has 1 unspecified atom stereocenters. The molecule has 3 N–H and O–H groups in total. The van der Waals surface area contributed by atoms with Crippen molar-refractivity contribution in [2.75, 3.05) is 6.54 Å². The van der Waals surface area contributed by atoms with Crippen molar-refractivity contribution in [2.24, 2.45) is 5.73 Å². The minimum absolute atomic E-state index is 0.0524. The SMILES string of the molecule is Cc1ccccc1C(C)NC(=O)c1cn(CCN)cn1. The summed E-state index contributed by atoms with van der Waals surface area (Å²) in [7, 11) is 0. The van der Waals surface area contributed by atoms with Crippen molar-refractivity contribution in [2.45, 2.75) is 26.4 Å². The van der Waals surface area contributed by atoms with E-state index in [0.717, 1.165) is 11.1 Å². The highest BCUT2D eigenvalue weighted by atomic mass is 16.1. The minimum atomic E-state index is -0.170. The van der Waals surface area contributed by atoms with Crippen LogP contribution in [-0.4, -0.2) is 22.0 Å². The number of nitrogens with one attached hydrogen (secondary N) is 1. The largest absolute Gasteiger partial charge is 0.344 e. The van der Waals surface area contributed by atoms with E-state index in [4.69, 9.17) is 5.73 Å². The van der Waals surface area contributed by atoms with Gasteiger partial charge in [0.05, 0.1) is 12.4 Å². The van der Waals surface area contributed by atoms with Crippen molar-refractivity contribution in [3.63, 3.8) is 0 Å². The minimum Gasteiger partial charge on any atom is -0.344 e. The van der Waals surface area contributed by atoms with Gasteiger partial charge in [-0.05, 0) is 25.0 Å². The van der Waals surface area contributed by atoms with Gasteiger partial charge in [-0.15, -0.1) is 0 Å². The zero-order valence-electron chi connectivity index (χ0n) is 11.8. The normalized spacial score (nSPS) is 12.2. The maximum atomic E-state index is 12.1. The molecule has 1 aromatic heterocycles. The number of benzene rings is 1. The van der Waals surface area contributed by atoms with E-state index in [9.17, 15) is 4.79 Å². The van der Waals surface area contributed by atoms with E-state index in [-0.39, 0.29) is 11.9 Å². The highest BCUT2D eigenvalue weighted by molar-refractivity contribution is 5.92. The molecule has 0 spiro atoms. The summed E-state index contributed by atoms with van der Waals surface area (Å²) < 4.78 is 1.81. The molecule has 0 aliphatic rings. The van der Waals surface area contributed by atoms with Crippen molar-refractivity contribution in [3.8, 4) is 0 Å². The molecule has 2 rings (SSSR count). The smallest absolute Gasteiger partial charge is 0.271 e. The van der Waals surface area contributed by atoms with Gasteiger partial charge in [0.1, 0.15) is 5.69 Å². The van der Waals surface area contributed by atoms with Crippen LogP contribution in [0.25, 0.3) is 0 Å². The summed E-state index contributed by atoms with van der Waals surface area (Å²) in [5.74, 6) is -0.170. The van der Waals surface area contributed by atoms with Crippen LogP contribution in [0.5, 0.6) is 0 Å². The van der Waals surface area contributed by atoms with E-state index in [0.29, 0.717) is 18.8 Å². The first-order valence-electron chi connectivity index (χ1n) is 6.70. The number of nitrogens with two attached hydrogens (primary N) is 1. The Labute approximate surface area is 118 Å². The molecule has 2 aromatic rings. The lowest BCUT2D eigenvalue weighted by molar-refractivity contribution is 0.0935. The Hall–Kier alpha value is -2.14. The standard InChI is InChI=1S/C15H20N4O/c1-11-5-3-4-6-13(11)12(2)18-15(20)14-9-19(8-7-16)10-17-14/h3-6,9-10,12H,7-8,16H2,1-2H3,(H,18,20). The third-order valence-corrected chi connectivity index (χ3v) is 3.26. The van der Waals surface area contributed by atoms with Gasteiger partial charge in [0.2, 0.25) is 0 Å². The first-order valence-corrected chi connectivity index (χ1v) is 6.70. The predicted molar refractivity (Wildman–Crippen MR) is 78.3 cm³/mol. The Bertz CT molecular complexity index is 591. The van der Waals surface area contributed by atoms with Gasteiger partial charge in [0.25, 0.3) is 5.91 Å². The van der Waals surface area contributed by atoms with Crippen LogP contribution in [0.1, 0.15) is 34.6 Å². The average Bonchev–Trinajstić information content (AvgIpc) is 2.88. The lowest BCUT2D eigenvalue weighted by atomic mass is 10.0. The van der Waals surface area contributed by atoms with E-state index in [2.05, 4.69) is 10.3 Å². The number of aryl methyl sites for hydroxylation is 1. The molecule has 5 heteroatoms. The fourth-order valence-electron chi connectivity index (χ4n) is 2.17. The first-order chi connectivity index (χ1) is 9.61. The second-order valence-electron chi connectivity index (χ2n) is 4.84. The van der Waals surface area contributed by atoms with E-state index in [1.807, 2.05) is 42.7 Å². The topological polar surface area (TPSA) is 72.9 Å². The molecule has 1 amide bonds. The van der Waals surface area contributed by atoms with E-state index < -0.39 is 0 Å². The molecular weight excluding hydrogens is 252 g/mol. The lowest BCUT2D eigenvalue weighted by Gasteiger charge is -2.15.